The zero-order valence-electron chi connectivity index (χ0n) is 11.8. The molecule has 0 aliphatic carbocycles. The third-order valence-corrected chi connectivity index (χ3v) is 3.92. The number of nitrogen functional groups attached to an aromatic ring is 1. The highest BCUT2D eigenvalue weighted by molar-refractivity contribution is 6.63. The molecule has 0 amide bonds. The minimum Gasteiger partial charge on any atom is -0.399 e. The fraction of sp³-hybridized carbons (Fsp3) is 0.538. The maximum Gasteiger partial charge on any atom is 0.496 e. The molecule has 0 atom stereocenters. The van der Waals surface area contributed by atoms with Gasteiger partial charge in [-0.15, -0.1) is 0 Å². The summed E-state index contributed by atoms with van der Waals surface area (Å²) in [6.45, 7) is 7.47. The van der Waals surface area contributed by atoms with Crippen molar-refractivity contribution in [2.24, 2.45) is 0 Å². The van der Waals surface area contributed by atoms with E-state index in [1.165, 1.54) is 6.07 Å². The zero-order valence-corrected chi connectivity index (χ0v) is 11.8. The summed E-state index contributed by atoms with van der Waals surface area (Å²) >= 11 is 0. The van der Waals surface area contributed by atoms with E-state index in [9.17, 15) is 13.2 Å². The predicted molar refractivity (Wildman–Crippen MR) is 71.6 cm³/mol. The molecular weight excluding hydrogens is 270 g/mol. The number of halogens is 3. The van der Waals surface area contributed by atoms with Gasteiger partial charge in [0.2, 0.25) is 0 Å². The van der Waals surface area contributed by atoms with E-state index in [4.69, 9.17) is 15.0 Å². The Morgan fingerprint density at radius 2 is 1.55 bits per heavy atom. The average Bonchev–Trinajstić information content (AvgIpc) is 2.46. The maximum absolute atomic E-state index is 12.6. The molecule has 2 N–H and O–H groups in total. The van der Waals surface area contributed by atoms with E-state index in [-0.39, 0.29) is 5.69 Å². The smallest absolute Gasteiger partial charge is 0.399 e. The van der Waals surface area contributed by atoms with Crippen molar-refractivity contribution in [3.8, 4) is 0 Å². The zero-order chi connectivity index (χ0) is 15.3. The second-order valence-electron chi connectivity index (χ2n) is 5.93. The molecule has 1 aliphatic rings. The Morgan fingerprint density at radius 1 is 1.05 bits per heavy atom. The van der Waals surface area contributed by atoms with Crippen LogP contribution in [0, 0.1) is 0 Å². The SMILES string of the molecule is CC1(C)OB(c2ccc(C(F)(F)F)cc2N)OC1(C)C. The van der Waals surface area contributed by atoms with Gasteiger partial charge in [0.1, 0.15) is 0 Å². The molecule has 20 heavy (non-hydrogen) atoms. The van der Waals surface area contributed by atoms with Crippen LogP contribution in [0.15, 0.2) is 18.2 Å². The monoisotopic (exact) mass is 287 g/mol. The van der Waals surface area contributed by atoms with E-state index in [1.54, 1.807) is 0 Å². The molecule has 110 valence electrons. The van der Waals surface area contributed by atoms with Crippen molar-refractivity contribution < 1.29 is 22.5 Å². The van der Waals surface area contributed by atoms with E-state index >= 15 is 0 Å². The highest BCUT2D eigenvalue weighted by Crippen LogP contribution is 2.37. The van der Waals surface area contributed by atoms with E-state index in [0.29, 0.717) is 5.46 Å². The first-order valence-corrected chi connectivity index (χ1v) is 6.26. The number of nitrogens with two attached hydrogens (primary N) is 1. The quantitative estimate of drug-likeness (QED) is 0.638. The Kier molecular flexibility index (Phi) is 3.34. The van der Waals surface area contributed by atoms with Gasteiger partial charge in [-0.05, 0) is 33.8 Å². The van der Waals surface area contributed by atoms with Crippen molar-refractivity contribution in [1.82, 2.24) is 0 Å². The molecule has 0 spiro atoms. The summed E-state index contributed by atoms with van der Waals surface area (Å²) < 4.78 is 49.4. The highest BCUT2D eigenvalue weighted by atomic mass is 19.4. The molecule has 0 bridgehead atoms. The van der Waals surface area contributed by atoms with E-state index in [1.807, 2.05) is 27.7 Å². The Labute approximate surface area is 116 Å². The third kappa shape index (κ3) is 2.52. The van der Waals surface area contributed by atoms with Gasteiger partial charge in [-0.3, -0.25) is 0 Å². The first kappa shape index (κ1) is 15.2. The van der Waals surface area contributed by atoms with Crippen LogP contribution in [0.4, 0.5) is 18.9 Å². The number of benzene rings is 1. The Hall–Kier alpha value is -1.21. The summed E-state index contributed by atoms with van der Waals surface area (Å²) in [4.78, 5) is 0. The van der Waals surface area contributed by atoms with E-state index in [2.05, 4.69) is 0 Å². The molecule has 3 nitrogen and oxygen atoms in total. The van der Waals surface area contributed by atoms with Crippen LogP contribution in [0.1, 0.15) is 33.3 Å². The summed E-state index contributed by atoms with van der Waals surface area (Å²) in [7, 11) is -0.762. The summed E-state index contributed by atoms with van der Waals surface area (Å²) in [6, 6.07) is 3.19. The van der Waals surface area contributed by atoms with Crippen molar-refractivity contribution >= 4 is 18.3 Å². The molecule has 1 saturated heterocycles. The van der Waals surface area contributed by atoms with Crippen molar-refractivity contribution in [3.63, 3.8) is 0 Å². The number of hydrogen-bond acceptors (Lipinski definition) is 3. The molecule has 1 fully saturated rings. The van der Waals surface area contributed by atoms with Gasteiger partial charge in [-0.1, -0.05) is 12.1 Å². The predicted octanol–water partition coefficient (Wildman–Crippen LogP) is 2.59. The summed E-state index contributed by atoms with van der Waals surface area (Å²) in [5, 5.41) is 0. The minimum atomic E-state index is -4.41. The third-order valence-electron chi connectivity index (χ3n) is 3.92. The molecule has 0 unspecified atom stereocenters. The van der Waals surface area contributed by atoms with Crippen LogP contribution in [0.2, 0.25) is 0 Å². The van der Waals surface area contributed by atoms with E-state index < -0.39 is 30.1 Å². The molecule has 1 aromatic rings. The number of anilines is 1. The first-order valence-electron chi connectivity index (χ1n) is 6.26. The molecule has 1 aliphatic heterocycles. The van der Waals surface area contributed by atoms with Gasteiger partial charge < -0.3 is 15.0 Å². The normalized spacial score (nSPS) is 21.2. The van der Waals surface area contributed by atoms with Crippen LogP contribution in [-0.2, 0) is 15.5 Å². The molecule has 0 aromatic heterocycles. The van der Waals surface area contributed by atoms with Crippen LogP contribution in [0.3, 0.4) is 0 Å². The lowest BCUT2D eigenvalue weighted by Crippen LogP contribution is -2.41. The lowest BCUT2D eigenvalue weighted by molar-refractivity contribution is -0.137. The summed E-state index contributed by atoms with van der Waals surface area (Å²) in [5.41, 5.74) is 4.23. The number of rotatable bonds is 1. The highest BCUT2D eigenvalue weighted by Gasteiger charge is 2.52. The van der Waals surface area contributed by atoms with Crippen LogP contribution < -0.4 is 11.2 Å². The van der Waals surface area contributed by atoms with Gasteiger partial charge >= 0.3 is 13.3 Å². The van der Waals surface area contributed by atoms with Gasteiger partial charge in [0.15, 0.2) is 0 Å². The summed E-state index contributed by atoms with van der Waals surface area (Å²) in [6.07, 6.45) is -4.41. The van der Waals surface area contributed by atoms with Crippen LogP contribution in [-0.4, -0.2) is 18.3 Å². The fourth-order valence-electron chi connectivity index (χ4n) is 1.94. The Bertz CT molecular complexity index is 513. The molecule has 1 aromatic carbocycles. The van der Waals surface area contributed by atoms with Gasteiger partial charge in [-0.2, -0.15) is 13.2 Å². The topological polar surface area (TPSA) is 44.5 Å². The lowest BCUT2D eigenvalue weighted by Gasteiger charge is -2.32. The second-order valence-corrected chi connectivity index (χ2v) is 5.93. The average molecular weight is 287 g/mol. The standard InChI is InChI=1S/C13H17BF3NO2/c1-11(2)12(3,4)20-14(19-11)9-6-5-8(7-10(9)18)13(15,16)17/h5-7H,18H2,1-4H3. The molecule has 0 saturated carbocycles. The first-order chi connectivity index (χ1) is 8.94. The van der Waals surface area contributed by atoms with Crippen molar-refractivity contribution in [2.45, 2.75) is 45.1 Å². The second kappa shape index (κ2) is 4.39. The lowest BCUT2D eigenvalue weighted by atomic mass is 9.77. The molecule has 7 heteroatoms. The van der Waals surface area contributed by atoms with Crippen molar-refractivity contribution in [1.29, 1.82) is 0 Å². The van der Waals surface area contributed by atoms with Crippen LogP contribution in [0.5, 0.6) is 0 Å². The summed E-state index contributed by atoms with van der Waals surface area (Å²) in [5.74, 6) is 0. The van der Waals surface area contributed by atoms with Gasteiger partial charge in [0.05, 0.1) is 16.8 Å². The maximum atomic E-state index is 12.6. The van der Waals surface area contributed by atoms with Crippen molar-refractivity contribution in [2.75, 3.05) is 5.73 Å². The Morgan fingerprint density at radius 3 is 1.95 bits per heavy atom. The van der Waals surface area contributed by atoms with Crippen LogP contribution in [0.25, 0.3) is 0 Å². The van der Waals surface area contributed by atoms with Gasteiger partial charge in [0, 0.05) is 11.2 Å². The van der Waals surface area contributed by atoms with Crippen molar-refractivity contribution in [3.05, 3.63) is 23.8 Å². The molecular formula is C13H17BF3NO2. The molecule has 1 heterocycles. The van der Waals surface area contributed by atoms with Crippen LogP contribution >= 0.6 is 0 Å². The number of hydrogen-bond donors (Lipinski definition) is 1. The minimum absolute atomic E-state index is 0.0123. The van der Waals surface area contributed by atoms with Gasteiger partial charge in [0.25, 0.3) is 0 Å². The van der Waals surface area contributed by atoms with E-state index in [0.717, 1.165) is 12.1 Å². The molecule has 2 rings (SSSR count). The van der Waals surface area contributed by atoms with Gasteiger partial charge in [-0.25, -0.2) is 0 Å². The fourth-order valence-corrected chi connectivity index (χ4v) is 1.94. The Balaban J connectivity index is 2.33. The number of alkyl halides is 3. The largest absolute Gasteiger partial charge is 0.496 e. The molecule has 0 radical (unpaired) electrons.